The third kappa shape index (κ3) is 1.41. The van der Waals surface area contributed by atoms with Crippen molar-refractivity contribution in [3.8, 4) is 0 Å². The molecule has 0 aliphatic carbocycles. The fraction of sp³-hybridized carbons (Fsp3) is 0. The number of halogens is 2. The highest BCUT2D eigenvalue weighted by molar-refractivity contribution is 14.1. The summed E-state index contributed by atoms with van der Waals surface area (Å²) in [6.45, 7) is 0. The molecule has 0 N–H and O–H groups in total. The highest BCUT2D eigenvalue weighted by atomic mass is 127. The van der Waals surface area contributed by atoms with Crippen molar-refractivity contribution in [3.05, 3.63) is 39.1 Å². The molecule has 0 amide bonds. The zero-order valence-corrected chi connectivity index (χ0v) is 9.00. The Morgan fingerprint density at radius 2 is 2.08 bits per heavy atom. The van der Waals surface area contributed by atoms with Crippen molar-refractivity contribution in [2.24, 2.45) is 0 Å². The molecule has 60 valence electrons. The van der Waals surface area contributed by atoms with E-state index in [0.717, 1.165) is 15.9 Å². The van der Waals surface area contributed by atoms with Crippen molar-refractivity contribution in [3.63, 3.8) is 0 Å². The van der Waals surface area contributed by atoms with Gasteiger partial charge in [-0.25, -0.2) is 0 Å². The quantitative estimate of drug-likeness (QED) is 0.677. The summed E-state index contributed by atoms with van der Waals surface area (Å²) in [5.74, 6) is 0. The fourth-order valence-corrected chi connectivity index (χ4v) is 1.85. The number of hydrogen-bond donors (Lipinski definition) is 0. The summed E-state index contributed by atoms with van der Waals surface area (Å²) in [6, 6.07) is 7.69. The molecule has 1 aromatic heterocycles. The Morgan fingerprint density at radius 1 is 1.25 bits per heavy atom. The van der Waals surface area contributed by atoms with Crippen LogP contribution in [0.4, 0.5) is 0 Å². The first-order valence-electron chi connectivity index (χ1n) is 3.47. The molecular weight excluding hydrogens is 284 g/mol. The van der Waals surface area contributed by atoms with Crippen molar-refractivity contribution >= 4 is 45.1 Å². The number of aromatic nitrogens is 1. The van der Waals surface area contributed by atoms with Gasteiger partial charge in [-0.1, -0.05) is 11.6 Å². The van der Waals surface area contributed by atoms with E-state index in [9.17, 15) is 0 Å². The average molecular weight is 290 g/mol. The van der Waals surface area contributed by atoms with Crippen LogP contribution >= 0.6 is 34.2 Å². The molecule has 0 unspecified atom stereocenters. The largest absolute Gasteiger partial charge is 0.256 e. The first kappa shape index (κ1) is 8.26. The summed E-state index contributed by atoms with van der Waals surface area (Å²) < 4.78 is 1.18. The van der Waals surface area contributed by atoms with Crippen molar-refractivity contribution in [1.29, 1.82) is 0 Å². The molecule has 0 bridgehead atoms. The van der Waals surface area contributed by atoms with Gasteiger partial charge in [-0.2, -0.15) is 0 Å². The van der Waals surface area contributed by atoms with E-state index in [2.05, 4.69) is 27.6 Å². The van der Waals surface area contributed by atoms with Gasteiger partial charge in [0, 0.05) is 20.2 Å². The van der Waals surface area contributed by atoms with E-state index in [1.54, 1.807) is 6.20 Å². The predicted octanol–water partition coefficient (Wildman–Crippen LogP) is 3.49. The van der Waals surface area contributed by atoms with Crippen molar-refractivity contribution in [1.82, 2.24) is 4.98 Å². The van der Waals surface area contributed by atoms with Crippen LogP contribution in [0.1, 0.15) is 0 Å². The minimum Gasteiger partial charge on any atom is -0.256 e. The number of benzene rings is 1. The Morgan fingerprint density at radius 3 is 2.92 bits per heavy atom. The van der Waals surface area contributed by atoms with Crippen LogP contribution in [-0.4, -0.2) is 4.98 Å². The molecule has 2 rings (SSSR count). The van der Waals surface area contributed by atoms with Gasteiger partial charge in [-0.05, 0) is 46.9 Å². The lowest BCUT2D eigenvalue weighted by Crippen LogP contribution is -1.80. The third-order valence-electron chi connectivity index (χ3n) is 1.65. The van der Waals surface area contributed by atoms with Gasteiger partial charge in [0.15, 0.2) is 0 Å². The summed E-state index contributed by atoms with van der Waals surface area (Å²) in [5, 5.41) is 1.87. The van der Waals surface area contributed by atoms with E-state index in [0.29, 0.717) is 0 Å². The maximum atomic E-state index is 5.86. The Kier molecular flexibility index (Phi) is 2.19. The van der Waals surface area contributed by atoms with Gasteiger partial charge < -0.3 is 0 Å². The van der Waals surface area contributed by atoms with E-state index >= 15 is 0 Å². The van der Waals surface area contributed by atoms with Crippen LogP contribution in [0.25, 0.3) is 10.9 Å². The molecule has 1 aromatic carbocycles. The smallest absolute Gasteiger partial charge is 0.0713 e. The molecule has 0 saturated carbocycles. The lowest BCUT2D eigenvalue weighted by molar-refractivity contribution is 1.40. The van der Waals surface area contributed by atoms with Crippen molar-refractivity contribution in [2.75, 3.05) is 0 Å². The average Bonchev–Trinajstić information content (AvgIpc) is 2.07. The Labute approximate surface area is 88.9 Å². The highest BCUT2D eigenvalue weighted by Crippen LogP contribution is 2.21. The summed E-state index contributed by atoms with van der Waals surface area (Å²) >= 11 is 8.14. The van der Waals surface area contributed by atoms with E-state index in [1.165, 1.54) is 3.57 Å². The molecule has 1 nitrogen and oxygen atoms in total. The summed E-state index contributed by atoms with van der Waals surface area (Å²) in [7, 11) is 0. The highest BCUT2D eigenvalue weighted by Gasteiger charge is 1.98. The molecule has 12 heavy (non-hydrogen) atoms. The van der Waals surface area contributed by atoms with Gasteiger partial charge in [0.25, 0.3) is 0 Å². The zero-order chi connectivity index (χ0) is 8.55. The van der Waals surface area contributed by atoms with Crippen molar-refractivity contribution in [2.45, 2.75) is 0 Å². The van der Waals surface area contributed by atoms with Gasteiger partial charge in [0.1, 0.15) is 0 Å². The maximum Gasteiger partial charge on any atom is 0.0713 e. The zero-order valence-electron chi connectivity index (χ0n) is 6.09. The minimum absolute atomic E-state index is 0.758. The van der Waals surface area contributed by atoms with Crippen LogP contribution in [0, 0.1) is 3.57 Å². The number of fused-ring (bicyclic) bond motifs is 1. The molecule has 2 aromatic rings. The van der Waals surface area contributed by atoms with E-state index in [1.807, 2.05) is 24.3 Å². The first-order valence-corrected chi connectivity index (χ1v) is 4.93. The monoisotopic (exact) mass is 289 g/mol. The van der Waals surface area contributed by atoms with Crippen LogP contribution < -0.4 is 0 Å². The molecule has 0 aliphatic rings. The maximum absolute atomic E-state index is 5.86. The topological polar surface area (TPSA) is 12.9 Å². The van der Waals surface area contributed by atoms with Crippen LogP contribution in [0.5, 0.6) is 0 Å². The van der Waals surface area contributed by atoms with Crippen LogP contribution in [0.2, 0.25) is 5.02 Å². The van der Waals surface area contributed by atoms with Gasteiger partial charge in [0.2, 0.25) is 0 Å². The normalized spacial score (nSPS) is 10.5. The van der Waals surface area contributed by atoms with Crippen LogP contribution in [0.3, 0.4) is 0 Å². The van der Waals surface area contributed by atoms with E-state index in [-0.39, 0.29) is 0 Å². The lowest BCUT2D eigenvalue weighted by atomic mass is 10.2. The van der Waals surface area contributed by atoms with Gasteiger partial charge in [-0.3, -0.25) is 4.98 Å². The Balaban J connectivity index is 2.88. The molecule has 0 radical (unpaired) electrons. The van der Waals surface area contributed by atoms with E-state index in [4.69, 9.17) is 11.6 Å². The molecule has 0 spiro atoms. The third-order valence-corrected chi connectivity index (χ3v) is 2.83. The van der Waals surface area contributed by atoms with Crippen LogP contribution in [-0.2, 0) is 0 Å². The standard InChI is InChI=1S/C9H5ClIN/c10-6-1-2-9-7(5-6)8(11)3-4-12-9/h1-5H. The Hall–Kier alpha value is -0.350. The lowest BCUT2D eigenvalue weighted by Gasteiger charge is -1.98. The molecular formula is C9H5ClIN. The van der Waals surface area contributed by atoms with Crippen LogP contribution in [0.15, 0.2) is 30.5 Å². The molecule has 3 heteroatoms. The second-order valence-corrected chi connectivity index (χ2v) is 4.05. The predicted molar refractivity (Wildman–Crippen MR) is 59.5 cm³/mol. The number of nitrogens with zero attached hydrogens (tertiary/aromatic N) is 1. The fourth-order valence-electron chi connectivity index (χ4n) is 1.08. The Bertz CT molecular complexity index is 428. The number of hydrogen-bond acceptors (Lipinski definition) is 1. The van der Waals surface area contributed by atoms with Gasteiger partial charge >= 0.3 is 0 Å². The summed E-state index contributed by atoms with van der Waals surface area (Å²) in [4.78, 5) is 4.22. The molecule has 0 saturated heterocycles. The van der Waals surface area contributed by atoms with Gasteiger partial charge in [-0.15, -0.1) is 0 Å². The van der Waals surface area contributed by atoms with Gasteiger partial charge in [0.05, 0.1) is 5.52 Å². The molecule has 0 fully saturated rings. The summed E-state index contributed by atoms with van der Waals surface area (Å²) in [6.07, 6.45) is 1.80. The molecule has 0 atom stereocenters. The molecule has 0 aliphatic heterocycles. The molecule has 1 heterocycles. The second-order valence-electron chi connectivity index (χ2n) is 2.45. The van der Waals surface area contributed by atoms with Crippen molar-refractivity contribution < 1.29 is 0 Å². The summed E-state index contributed by atoms with van der Waals surface area (Å²) in [5.41, 5.74) is 0.992. The number of rotatable bonds is 0. The minimum atomic E-state index is 0.758. The second kappa shape index (κ2) is 3.18. The number of pyridine rings is 1. The van der Waals surface area contributed by atoms with E-state index < -0.39 is 0 Å². The first-order chi connectivity index (χ1) is 5.77. The SMILES string of the molecule is Clc1ccc2nccc(I)c2c1.